The van der Waals surface area contributed by atoms with E-state index in [0.717, 1.165) is 22.3 Å². The number of hydrogen-bond acceptors (Lipinski definition) is 7. The average Bonchev–Trinajstić information content (AvgIpc) is 3.29. The van der Waals surface area contributed by atoms with Gasteiger partial charge in [-0.1, -0.05) is 6.07 Å². The largest absolute Gasteiger partial charge is 0.493 e. The third kappa shape index (κ3) is 5.61. The van der Waals surface area contributed by atoms with Crippen molar-refractivity contribution >= 4 is 46.2 Å². The van der Waals surface area contributed by atoms with E-state index in [1.165, 1.54) is 21.3 Å². The van der Waals surface area contributed by atoms with Gasteiger partial charge in [0.05, 0.1) is 38.2 Å². The van der Waals surface area contributed by atoms with Crippen molar-refractivity contribution in [1.29, 1.82) is 0 Å². The summed E-state index contributed by atoms with van der Waals surface area (Å²) < 4.78 is 15.8. The Morgan fingerprint density at radius 2 is 1.61 bits per heavy atom. The second-order valence-electron chi connectivity index (χ2n) is 7.64. The molecule has 0 spiro atoms. The number of anilines is 2. The third-order valence-electron chi connectivity index (χ3n) is 5.25. The maximum Gasteiger partial charge on any atom is 0.233 e. The van der Waals surface area contributed by atoms with Crippen LogP contribution >= 0.6 is 0 Å². The van der Waals surface area contributed by atoms with Crippen LogP contribution in [0.4, 0.5) is 11.4 Å². The van der Waals surface area contributed by atoms with Crippen molar-refractivity contribution in [2.24, 2.45) is 0 Å². The molecule has 0 unspecified atom stereocenters. The highest BCUT2D eigenvalue weighted by Gasteiger charge is 2.16. The molecule has 0 atom stereocenters. The Kier molecular flexibility index (Phi) is 7.45. The zero-order valence-electron chi connectivity index (χ0n) is 20.0. The number of amides is 2. The highest BCUT2D eigenvalue weighted by Crippen LogP contribution is 2.39. The van der Waals surface area contributed by atoms with E-state index in [2.05, 4.69) is 25.8 Å². The number of H-pyrrole nitrogens is 1. The zero-order valence-corrected chi connectivity index (χ0v) is 20.0. The maximum atomic E-state index is 12.5. The molecule has 4 aromatic rings. The van der Waals surface area contributed by atoms with E-state index < -0.39 is 11.8 Å². The Balaban J connectivity index is 1.39. The van der Waals surface area contributed by atoms with Gasteiger partial charge in [-0.3, -0.25) is 19.7 Å². The number of carbonyl (C=O) groups excluding carboxylic acids is 2. The molecule has 0 radical (unpaired) electrons. The molecule has 0 saturated heterocycles. The number of ether oxygens (including phenoxy) is 3. The van der Waals surface area contributed by atoms with Crippen LogP contribution in [0.2, 0.25) is 0 Å². The first kappa shape index (κ1) is 24.3. The van der Waals surface area contributed by atoms with Gasteiger partial charge in [-0.05, 0) is 42.5 Å². The fourth-order valence-electron chi connectivity index (χ4n) is 3.59. The van der Waals surface area contributed by atoms with Crippen molar-refractivity contribution in [3.8, 4) is 17.2 Å². The monoisotopic (exact) mass is 487 g/mol. The Labute approximate surface area is 207 Å². The van der Waals surface area contributed by atoms with Crippen LogP contribution in [0.3, 0.4) is 0 Å². The standard InChI is InChI=1S/C26H25N5O5/c1-34-22-13-18(14-23(35-2)26(22)36-3)29-25(33)15-24(32)28-17-7-9-19-20(30-31-21(19)12-17)10-8-16-6-4-5-11-27-16/h4-14H,15H2,1-3H3,(H,28,32)(H,29,33)(H,30,31)/b10-8+. The molecule has 2 aromatic heterocycles. The van der Waals surface area contributed by atoms with Crippen LogP contribution in [-0.4, -0.2) is 48.3 Å². The maximum absolute atomic E-state index is 12.5. The van der Waals surface area contributed by atoms with Gasteiger partial charge in [0.25, 0.3) is 0 Å². The molecule has 0 fully saturated rings. The van der Waals surface area contributed by atoms with Gasteiger partial charge in [0.15, 0.2) is 11.5 Å². The van der Waals surface area contributed by atoms with E-state index in [1.807, 2.05) is 36.4 Å². The summed E-state index contributed by atoms with van der Waals surface area (Å²) in [5, 5.41) is 13.6. The molecule has 10 heteroatoms. The van der Waals surface area contributed by atoms with Crippen LogP contribution < -0.4 is 24.8 Å². The molecule has 0 bridgehead atoms. The lowest BCUT2D eigenvalue weighted by atomic mass is 10.1. The van der Waals surface area contributed by atoms with Crippen molar-refractivity contribution in [1.82, 2.24) is 15.2 Å². The van der Waals surface area contributed by atoms with Gasteiger partial charge >= 0.3 is 0 Å². The van der Waals surface area contributed by atoms with Crippen LogP contribution in [0.25, 0.3) is 23.1 Å². The van der Waals surface area contributed by atoms with E-state index in [1.54, 1.807) is 30.5 Å². The van der Waals surface area contributed by atoms with Crippen molar-refractivity contribution in [2.45, 2.75) is 6.42 Å². The first-order chi connectivity index (χ1) is 17.5. The molecule has 0 aliphatic rings. The first-order valence-corrected chi connectivity index (χ1v) is 11.0. The molecule has 36 heavy (non-hydrogen) atoms. The summed E-state index contributed by atoms with van der Waals surface area (Å²) in [4.78, 5) is 29.2. The number of aromatic nitrogens is 3. The molecule has 10 nitrogen and oxygen atoms in total. The summed E-state index contributed by atoms with van der Waals surface area (Å²) in [7, 11) is 4.45. The van der Waals surface area contributed by atoms with Gasteiger partial charge in [0, 0.05) is 35.1 Å². The number of rotatable bonds is 9. The van der Waals surface area contributed by atoms with E-state index in [-0.39, 0.29) is 6.42 Å². The van der Waals surface area contributed by atoms with Crippen LogP contribution in [0.5, 0.6) is 17.2 Å². The summed E-state index contributed by atoms with van der Waals surface area (Å²) in [5.74, 6) is 0.221. The molecular weight excluding hydrogens is 462 g/mol. The number of fused-ring (bicyclic) bond motifs is 1. The number of aromatic amines is 1. The molecule has 2 heterocycles. The molecule has 0 aliphatic heterocycles. The van der Waals surface area contributed by atoms with E-state index in [9.17, 15) is 9.59 Å². The van der Waals surface area contributed by atoms with Gasteiger partial charge in [-0.2, -0.15) is 5.10 Å². The molecule has 2 amide bonds. The highest BCUT2D eigenvalue weighted by atomic mass is 16.5. The predicted octanol–water partition coefficient (Wildman–Crippen LogP) is 4.12. The minimum absolute atomic E-state index is 0.379. The lowest BCUT2D eigenvalue weighted by Gasteiger charge is -2.14. The highest BCUT2D eigenvalue weighted by molar-refractivity contribution is 6.08. The smallest absolute Gasteiger partial charge is 0.233 e. The van der Waals surface area contributed by atoms with Gasteiger partial charge in [0.2, 0.25) is 17.6 Å². The third-order valence-corrected chi connectivity index (χ3v) is 5.25. The lowest BCUT2D eigenvalue weighted by molar-refractivity contribution is -0.123. The molecule has 3 N–H and O–H groups in total. The zero-order chi connectivity index (χ0) is 25.5. The molecule has 4 rings (SSSR count). The second-order valence-corrected chi connectivity index (χ2v) is 7.64. The molecule has 0 aliphatic carbocycles. The van der Waals surface area contributed by atoms with Gasteiger partial charge in [0.1, 0.15) is 6.42 Å². The van der Waals surface area contributed by atoms with Gasteiger partial charge in [-0.25, -0.2) is 0 Å². The Bertz CT molecular complexity index is 1390. The van der Waals surface area contributed by atoms with E-state index >= 15 is 0 Å². The normalized spacial score (nSPS) is 10.9. The quantitative estimate of drug-likeness (QED) is 0.303. The Morgan fingerprint density at radius 3 is 2.25 bits per heavy atom. The Morgan fingerprint density at radius 1 is 0.889 bits per heavy atom. The number of nitrogens with zero attached hydrogens (tertiary/aromatic N) is 2. The number of pyridine rings is 1. The lowest BCUT2D eigenvalue weighted by Crippen LogP contribution is -2.21. The molecular formula is C26H25N5O5. The fourth-order valence-corrected chi connectivity index (χ4v) is 3.59. The number of methoxy groups -OCH3 is 3. The minimum atomic E-state index is -0.494. The molecule has 0 saturated carbocycles. The van der Waals surface area contributed by atoms with Crippen LogP contribution in [0.15, 0.2) is 54.7 Å². The predicted molar refractivity (Wildman–Crippen MR) is 137 cm³/mol. The van der Waals surface area contributed by atoms with Crippen molar-refractivity contribution in [3.63, 3.8) is 0 Å². The van der Waals surface area contributed by atoms with Crippen LogP contribution in [-0.2, 0) is 9.59 Å². The van der Waals surface area contributed by atoms with Gasteiger partial charge < -0.3 is 24.8 Å². The summed E-state index contributed by atoms with van der Waals surface area (Å²) >= 11 is 0. The van der Waals surface area contributed by atoms with Crippen molar-refractivity contribution < 1.29 is 23.8 Å². The van der Waals surface area contributed by atoms with Crippen molar-refractivity contribution in [3.05, 3.63) is 66.1 Å². The molecule has 184 valence electrons. The summed E-state index contributed by atoms with van der Waals surface area (Å²) in [6.45, 7) is 0. The topological polar surface area (TPSA) is 127 Å². The SMILES string of the molecule is COc1cc(NC(=O)CC(=O)Nc2ccc3c(/C=C/c4ccccn4)n[nH]c3c2)cc(OC)c1OC. The van der Waals surface area contributed by atoms with Gasteiger partial charge in [-0.15, -0.1) is 0 Å². The minimum Gasteiger partial charge on any atom is -0.493 e. The average molecular weight is 488 g/mol. The number of nitrogens with one attached hydrogen (secondary N) is 3. The first-order valence-electron chi connectivity index (χ1n) is 11.0. The fraction of sp³-hybridized carbons (Fsp3) is 0.154. The Hall–Kier alpha value is -4.86. The molecule has 2 aromatic carbocycles. The van der Waals surface area contributed by atoms with Crippen LogP contribution in [0, 0.1) is 0 Å². The second kappa shape index (κ2) is 11.0. The summed E-state index contributed by atoms with van der Waals surface area (Å²) in [6.07, 6.45) is 5.09. The van der Waals surface area contributed by atoms with E-state index in [0.29, 0.717) is 28.6 Å². The number of hydrogen-bond donors (Lipinski definition) is 3. The van der Waals surface area contributed by atoms with E-state index in [4.69, 9.17) is 14.2 Å². The summed E-state index contributed by atoms with van der Waals surface area (Å²) in [6, 6.07) is 14.2. The number of benzene rings is 2. The van der Waals surface area contributed by atoms with Crippen molar-refractivity contribution in [2.75, 3.05) is 32.0 Å². The van der Waals surface area contributed by atoms with Crippen LogP contribution in [0.1, 0.15) is 17.8 Å². The number of carbonyl (C=O) groups is 2. The summed E-state index contributed by atoms with van der Waals surface area (Å²) in [5.41, 5.74) is 3.26.